The second kappa shape index (κ2) is 8.29. The predicted octanol–water partition coefficient (Wildman–Crippen LogP) is 3.88. The number of carbonyl (C=O) groups is 2. The highest BCUT2D eigenvalue weighted by atomic mass is 16.2. The van der Waals surface area contributed by atoms with E-state index in [1.807, 2.05) is 47.2 Å². The molecule has 2 aliphatic rings. The normalized spacial score (nSPS) is 24.1. The van der Waals surface area contributed by atoms with Gasteiger partial charge in [0.15, 0.2) is 0 Å². The van der Waals surface area contributed by atoms with Crippen molar-refractivity contribution in [1.29, 1.82) is 0 Å². The van der Waals surface area contributed by atoms with Crippen molar-refractivity contribution < 1.29 is 9.59 Å². The van der Waals surface area contributed by atoms with Gasteiger partial charge in [-0.05, 0) is 37.1 Å². The van der Waals surface area contributed by atoms with E-state index in [1.54, 1.807) is 6.20 Å². The van der Waals surface area contributed by atoms with Gasteiger partial charge in [0.05, 0.1) is 5.92 Å². The molecule has 1 aromatic heterocycles. The van der Waals surface area contributed by atoms with E-state index in [4.69, 9.17) is 0 Å². The summed E-state index contributed by atoms with van der Waals surface area (Å²) in [6.07, 6.45) is 8.71. The maximum Gasteiger partial charge on any atom is 0.273 e. The molecule has 5 nitrogen and oxygen atoms in total. The first kappa shape index (κ1) is 18.9. The van der Waals surface area contributed by atoms with Gasteiger partial charge in [-0.1, -0.05) is 43.5 Å². The molecule has 0 spiro atoms. The van der Waals surface area contributed by atoms with Crippen LogP contribution in [0.3, 0.4) is 0 Å². The fourth-order valence-corrected chi connectivity index (χ4v) is 4.82. The molecule has 1 saturated heterocycles. The van der Waals surface area contributed by atoms with Crippen molar-refractivity contribution in [2.75, 3.05) is 20.1 Å². The Balaban J connectivity index is 1.70. The van der Waals surface area contributed by atoms with Crippen LogP contribution in [0.25, 0.3) is 10.8 Å². The first-order chi connectivity index (χ1) is 13.7. The van der Waals surface area contributed by atoms with Crippen molar-refractivity contribution in [1.82, 2.24) is 14.8 Å². The number of fused-ring (bicyclic) bond motifs is 2. The molecule has 1 aliphatic carbocycles. The molecule has 0 radical (unpaired) electrons. The fourth-order valence-electron chi connectivity index (χ4n) is 4.82. The molecule has 2 atom stereocenters. The molecule has 148 valence electrons. The lowest BCUT2D eigenvalue weighted by molar-refractivity contribution is -0.135. The van der Waals surface area contributed by atoms with Crippen LogP contribution < -0.4 is 0 Å². The molecule has 0 bridgehead atoms. The minimum atomic E-state index is -0.0815. The Morgan fingerprint density at radius 3 is 2.64 bits per heavy atom. The molecule has 1 aromatic carbocycles. The molecule has 5 heteroatoms. The molecular weight excluding hydrogens is 350 g/mol. The third-order valence-corrected chi connectivity index (χ3v) is 6.35. The van der Waals surface area contributed by atoms with Crippen molar-refractivity contribution in [3.8, 4) is 0 Å². The van der Waals surface area contributed by atoms with Crippen LogP contribution in [-0.4, -0.2) is 52.8 Å². The van der Waals surface area contributed by atoms with Crippen LogP contribution in [0, 0.1) is 5.92 Å². The standard InChI is InChI=1S/C23H29N3O2/c1-25-15-6-2-3-7-16-26(20-12-8-11-19(20)22(25)27)23(28)21-18-10-5-4-9-17(18)13-14-24-21/h4-5,9-10,13-14,19-20H,2-3,6-8,11-12,15-16H2,1H3/t19-,20+/m1/s1. The summed E-state index contributed by atoms with van der Waals surface area (Å²) in [5, 5.41) is 1.92. The summed E-state index contributed by atoms with van der Waals surface area (Å²) in [7, 11) is 1.91. The third kappa shape index (κ3) is 3.62. The summed E-state index contributed by atoms with van der Waals surface area (Å²) in [6, 6.07) is 9.83. The summed E-state index contributed by atoms with van der Waals surface area (Å²) >= 11 is 0. The number of carbonyl (C=O) groups excluding carboxylic acids is 2. The molecule has 2 fully saturated rings. The first-order valence-corrected chi connectivity index (χ1v) is 10.6. The molecule has 2 heterocycles. The molecular formula is C23H29N3O2. The Hall–Kier alpha value is -2.43. The Labute approximate surface area is 166 Å². The summed E-state index contributed by atoms with van der Waals surface area (Å²) in [4.78, 5) is 35.0. The van der Waals surface area contributed by atoms with Crippen LogP contribution in [0.15, 0.2) is 36.5 Å². The number of aromatic nitrogens is 1. The maximum absolute atomic E-state index is 13.6. The molecule has 1 saturated carbocycles. The van der Waals surface area contributed by atoms with E-state index in [2.05, 4.69) is 4.98 Å². The fraction of sp³-hybridized carbons (Fsp3) is 0.522. The number of nitrogens with zero attached hydrogens (tertiary/aromatic N) is 3. The first-order valence-electron chi connectivity index (χ1n) is 10.6. The van der Waals surface area contributed by atoms with Crippen LogP contribution in [0.4, 0.5) is 0 Å². The molecule has 2 amide bonds. The van der Waals surface area contributed by atoms with Gasteiger partial charge in [-0.3, -0.25) is 14.6 Å². The zero-order chi connectivity index (χ0) is 19.5. The Morgan fingerprint density at radius 2 is 1.79 bits per heavy atom. The van der Waals surface area contributed by atoms with E-state index < -0.39 is 0 Å². The van der Waals surface area contributed by atoms with Crippen LogP contribution in [0.2, 0.25) is 0 Å². The SMILES string of the molecule is CN1CCCCCCN(C(=O)c2nccc3ccccc23)[C@H]2CCC[C@H]2C1=O. The lowest BCUT2D eigenvalue weighted by Crippen LogP contribution is -2.47. The zero-order valence-corrected chi connectivity index (χ0v) is 16.6. The number of pyridine rings is 1. The summed E-state index contributed by atoms with van der Waals surface area (Å²) < 4.78 is 0. The van der Waals surface area contributed by atoms with E-state index in [0.717, 1.165) is 62.3 Å². The highest BCUT2D eigenvalue weighted by Gasteiger charge is 2.40. The second-order valence-electron chi connectivity index (χ2n) is 8.16. The lowest BCUT2D eigenvalue weighted by Gasteiger charge is -2.34. The lowest BCUT2D eigenvalue weighted by atomic mass is 9.99. The molecule has 4 rings (SSSR count). The predicted molar refractivity (Wildman–Crippen MR) is 110 cm³/mol. The number of benzene rings is 1. The van der Waals surface area contributed by atoms with E-state index in [9.17, 15) is 9.59 Å². The van der Waals surface area contributed by atoms with E-state index >= 15 is 0 Å². The smallest absolute Gasteiger partial charge is 0.273 e. The third-order valence-electron chi connectivity index (χ3n) is 6.35. The number of amides is 2. The Bertz CT molecular complexity index is 861. The van der Waals surface area contributed by atoms with Gasteiger partial charge in [0, 0.05) is 37.8 Å². The van der Waals surface area contributed by atoms with Gasteiger partial charge >= 0.3 is 0 Å². The van der Waals surface area contributed by atoms with Gasteiger partial charge < -0.3 is 9.80 Å². The van der Waals surface area contributed by atoms with Gasteiger partial charge in [0.2, 0.25) is 5.91 Å². The van der Waals surface area contributed by atoms with E-state index in [1.165, 1.54) is 0 Å². The van der Waals surface area contributed by atoms with E-state index in [-0.39, 0.29) is 23.8 Å². The van der Waals surface area contributed by atoms with Gasteiger partial charge in [-0.15, -0.1) is 0 Å². The van der Waals surface area contributed by atoms with Crippen molar-refractivity contribution in [2.24, 2.45) is 5.92 Å². The van der Waals surface area contributed by atoms with Crippen LogP contribution in [0.5, 0.6) is 0 Å². The van der Waals surface area contributed by atoms with Crippen molar-refractivity contribution in [3.05, 3.63) is 42.2 Å². The number of hydrogen-bond donors (Lipinski definition) is 0. The van der Waals surface area contributed by atoms with E-state index in [0.29, 0.717) is 12.2 Å². The van der Waals surface area contributed by atoms with Gasteiger partial charge in [0.1, 0.15) is 5.69 Å². The Kier molecular flexibility index (Phi) is 5.60. The average Bonchev–Trinajstić information content (AvgIpc) is 3.20. The quantitative estimate of drug-likeness (QED) is 0.756. The molecule has 0 unspecified atom stereocenters. The van der Waals surface area contributed by atoms with Gasteiger partial charge in [-0.25, -0.2) is 0 Å². The van der Waals surface area contributed by atoms with Gasteiger partial charge in [0.25, 0.3) is 5.91 Å². The van der Waals surface area contributed by atoms with Crippen LogP contribution in [0.1, 0.15) is 55.4 Å². The highest BCUT2D eigenvalue weighted by Crippen LogP contribution is 2.33. The van der Waals surface area contributed by atoms with Gasteiger partial charge in [-0.2, -0.15) is 0 Å². The largest absolute Gasteiger partial charge is 0.345 e. The summed E-state index contributed by atoms with van der Waals surface area (Å²) in [6.45, 7) is 1.53. The zero-order valence-electron chi connectivity index (χ0n) is 16.6. The highest BCUT2D eigenvalue weighted by molar-refractivity contribution is 6.05. The molecule has 2 aromatic rings. The number of rotatable bonds is 1. The van der Waals surface area contributed by atoms with Crippen LogP contribution >= 0.6 is 0 Å². The summed E-state index contributed by atoms with van der Waals surface area (Å²) in [5.41, 5.74) is 0.513. The minimum absolute atomic E-state index is 0.0127. The van der Waals surface area contributed by atoms with Crippen molar-refractivity contribution in [2.45, 2.75) is 51.0 Å². The Morgan fingerprint density at radius 1 is 1.00 bits per heavy atom. The molecule has 1 aliphatic heterocycles. The molecule has 0 N–H and O–H groups in total. The average molecular weight is 380 g/mol. The molecule has 28 heavy (non-hydrogen) atoms. The second-order valence-corrected chi connectivity index (χ2v) is 8.16. The number of hydrogen-bond acceptors (Lipinski definition) is 3. The van der Waals surface area contributed by atoms with Crippen molar-refractivity contribution in [3.63, 3.8) is 0 Å². The van der Waals surface area contributed by atoms with Crippen LogP contribution in [-0.2, 0) is 4.79 Å². The summed E-state index contributed by atoms with van der Waals surface area (Å²) in [5.74, 6) is 0.0958. The van der Waals surface area contributed by atoms with Crippen molar-refractivity contribution >= 4 is 22.6 Å². The monoisotopic (exact) mass is 379 g/mol. The maximum atomic E-state index is 13.6. The topological polar surface area (TPSA) is 53.5 Å². The minimum Gasteiger partial charge on any atom is -0.345 e.